The van der Waals surface area contributed by atoms with E-state index >= 15 is 0 Å². The van der Waals surface area contributed by atoms with Crippen LogP contribution in [0.5, 0.6) is 0 Å². The Balaban J connectivity index is 1.39. The molecule has 2 aromatic rings. The van der Waals surface area contributed by atoms with Gasteiger partial charge in [0.15, 0.2) is 6.61 Å². The van der Waals surface area contributed by atoms with Gasteiger partial charge in [0, 0.05) is 47.9 Å². The van der Waals surface area contributed by atoms with Crippen molar-refractivity contribution in [1.29, 1.82) is 0 Å². The van der Waals surface area contributed by atoms with Crippen molar-refractivity contribution in [1.82, 2.24) is 4.90 Å². The number of amides is 1. The van der Waals surface area contributed by atoms with Crippen LogP contribution in [-0.4, -0.2) is 49.6 Å². The van der Waals surface area contributed by atoms with Gasteiger partial charge >= 0.3 is 5.97 Å². The molecule has 0 aliphatic carbocycles. The summed E-state index contributed by atoms with van der Waals surface area (Å²) in [6.07, 6.45) is 1.34. The molecule has 0 saturated carbocycles. The lowest BCUT2D eigenvalue weighted by Gasteiger charge is -2.36. The van der Waals surface area contributed by atoms with Crippen LogP contribution in [0, 0.1) is 0 Å². The number of esters is 1. The molecule has 2 aromatic carbocycles. The summed E-state index contributed by atoms with van der Waals surface area (Å²) in [5.41, 5.74) is 1.05. The van der Waals surface area contributed by atoms with E-state index < -0.39 is 5.97 Å². The van der Waals surface area contributed by atoms with Crippen molar-refractivity contribution >= 4 is 40.9 Å². The lowest BCUT2D eigenvalue weighted by atomic mass is 10.2. The minimum absolute atomic E-state index is 0.178. The summed E-state index contributed by atoms with van der Waals surface area (Å²) in [5.74, 6) is -0.697. The second-order valence-corrected chi connectivity index (χ2v) is 7.60. The fourth-order valence-corrected chi connectivity index (χ4v) is 3.66. The second kappa shape index (κ2) is 10.2. The molecule has 1 amide bonds. The summed E-state index contributed by atoms with van der Waals surface area (Å²) in [6, 6.07) is 17.4. The molecule has 5 nitrogen and oxygen atoms in total. The van der Waals surface area contributed by atoms with Crippen LogP contribution in [0.15, 0.2) is 71.0 Å². The van der Waals surface area contributed by atoms with Crippen LogP contribution in [-0.2, 0) is 14.3 Å². The molecule has 7 heteroatoms. The Morgan fingerprint density at radius 1 is 1.04 bits per heavy atom. The predicted octanol–water partition coefficient (Wildman–Crippen LogP) is 3.84. The van der Waals surface area contributed by atoms with E-state index in [0.717, 1.165) is 10.6 Å². The molecule has 0 unspecified atom stereocenters. The highest BCUT2D eigenvalue weighted by Crippen LogP contribution is 2.21. The zero-order valence-electron chi connectivity index (χ0n) is 15.3. The van der Waals surface area contributed by atoms with Crippen LogP contribution in [0.25, 0.3) is 0 Å². The standard InChI is InChI=1S/C21H21ClN2O3S/c22-17-5-4-6-18(15-17)23-10-12-24(13-11-23)20(25)16-27-21(26)9-14-28-19-7-2-1-3-8-19/h1-9,14-15H,10-13,16H2/b14-9+. The number of hydrogen-bond acceptors (Lipinski definition) is 5. The van der Waals surface area contributed by atoms with Crippen molar-refractivity contribution in [2.45, 2.75) is 4.90 Å². The van der Waals surface area contributed by atoms with Gasteiger partial charge in [0.1, 0.15) is 0 Å². The largest absolute Gasteiger partial charge is 0.452 e. The van der Waals surface area contributed by atoms with Gasteiger partial charge in [-0.1, -0.05) is 47.6 Å². The van der Waals surface area contributed by atoms with Gasteiger partial charge in [0.2, 0.25) is 0 Å². The van der Waals surface area contributed by atoms with E-state index in [1.165, 1.54) is 17.8 Å². The third-order valence-corrected chi connectivity index (χ3v) is 5.35. The van der Waals surface area contributed by atoms with E-state index in [1.54, 1.807) is 10.3 Å². The number of benzene rings is 2. The van der Waals surface area contributed by atoms with Crippen molar-refractivity contribution in [2.24, 2.45) is 0 Å². The monoisotopic (exact) mass is 416 g/mol. The molecule has 0 atom stereocenters. The van der Waals surface area contributed by atoms with Gasteiger partial charge in [0.05, 0.1) is 0 Å². The Hall–Kier alpha value is -2.44. The maximum atomic E-state index is 12.3. The van der Waals surface area contributed by atoms with Crippen LogP contribution in [0.4, 0.5) is 5.69 Å². The van der Waals surface area contributed by atoms with Crippen molar-refractivity contribution < 1.29 is 14.3 Å². The molecule has 0 radical (unpaired) electrons. The Kier molecular flexibility index (Phi) is 7.39. The van der Waals surface area contributed by atoms with Gasteiger partial charge in [-0.05, 0) is 35.7 Å². The molecule has 3 rings (SSSR count). The number of hydrogen-bond donors (Lipinski definition) is 0. The van der Waals surface area contributed by atoms with Gasteiger partial charge in [0.25, 0.3) is 5.91 Å². The molecule has 146 valence electrons. The number of ether oxygens (including phenoxy) is 1. The maximum Gasteiger partial charge on any atom is 0.331 e. The molecule has 28 heavy (non-hydrogen) atoms. The van der Waals surface area contributed by atoms with Gasteiger partial charge in [-0.3, -0.25) is 4.79 Å². The Morgan fingerprint density at radius 3 is 2.50 bits per heavy atom. The van der Waals surface area contributed by atoms with E-state index in [9.17, 15) is 9.59 Å². The molecule has 0 spiro atoms. The molecular formula is C21H21ClN2O3S. The average molecular weight is 417 g/mol. The van der Waals surface area contributed by atoms with Crippen LogP contribution < -0.4 is 4.90 Å². The van der Waals surface area contributed by atoms with E-state index in [-0.39, 0.29) is 12.5 Å². The van der Waals surface area contributed by atoms with Crippen molar-refractivity contribution in [3.05, 3.63) is 71.1 Å². The van der Waals surface area contributed by atoms with Crippen molar-refractivity contribution in [2.75, 3.05) is 37.7 Å². The van der Waals surface area contributed by atoms with Gasteiger partial charge in [-0.2, -0.15) is 0 Å². The topological polar surface area (TPSA) is 49.9 Å². The van der Waals surface area contributed by atoms with Crippen LogP contribution in [0.1, 0.15) is 0 Å². The highest BCUT2D eigenvalue weighted by Gasteiger charge is 2.22. The molecule has 1 saturated heterocycles. The molecule has 1 aliphatic rings. The Labute approximate surface area is 173 Å². The quantitative estimate of drug-likeness (QED) is 0.407. The third-order valence-electron chi connectivity index (χ3n) is 4.30. The third kappa shape index (κ3) is 6.04. The summed E-state index contributed by atoms with van der Waals surface area (Å²) < 4.78 is 5.06. The number of halogens is 1. The summed E-state index contributed by atoms with van der Waals surface area (Å²) in [7, 11) is 0. The van der Waals surface area contributed by atoms with E-state index in [2.05, 4.69) is 4.90 Å². The summed E-state index contributed by atoms with van der Waals surface area (Å²) in [6.45, 7) is 2.36. The average Bonchev–Trinajstić information content (AvgIpc) is 2.73. The Morgan fingerprint density at radius 2 is 1.79 bits per heavy atom. The van der Waals surface area contributed by atoms with E-state index in [1.807, 2.05) is 54.6 Å². The fourth-order valence-electron chi connectivity index (χ4n) is 2.83. The highest BCUT2D eigenvalue weighted by atomic mass is 35.5. The van der Waals surface area contributed by atoms with Gasteiger partial charge < -0.3 is 14.5 Å². The maximum absolute atomic E-state index is 12.3. The summed E-state index contributed by atoms with van der Waals surface area (Å²) in [5, 5.41) is 2.35. The number of rotatable bonds is 6. The molecular weight excluding hydrogens is 396 g/mol. The lowest BCUT2D eigenvalue weighted by Crippen LogP contribution is -2.49. The Bertz CT molecular complexity index is 837. The summed E-state index contributed by atoms with van der Waals surface area (Å²) >= 11 is 7.46. The second-order valence-electron chi connectivity index (χ2n) is 6.19. The first-order chi connectivity index (χ1) is 13.6. The smallest absolute Gasteiger partial charge is 0.331 e. The van der Waals surface area contributed by atoms with Crippen molar-refractivity contribution in [3.63, 3.8) is 0 Å². The first-order valence-electron chi connectivity index (χ1n) is 8.95. The first kappa shape index (κ1) is 20.3. The number of carbonyl (C=O) groups is 2. The number of thioether (sulfide) groups is 1. The van der Waals surface area contributed by atoms with Crippen LogP contribution >= 0.6 is 23.4 Å². The van der Waals surface area contributed by atoms with Crippen LogP contribution in [0.3, 0.4) is 0 Å². The van der Waals surface area contributed by atoms with Crippen LogP contribution in [0.2, 0.25) is 5.02 Å². The molecule has 0 bridgehead atoms. The first-order valence-corrected chi connectivity index (χ1v) is 10.2. The number of anilines is 1. The molecule has 1 aliphatic heterocycles. The number of nitrogens with zero attached hydrogens (tertiary/aromatic N) is 2. The fraction of sp³-hybridized carbons (Fsp3) is 0.238. The zero-order chi connectivity index (χ0) is 19.8. The summed E-state index contributed by atoms with van der Waals surface area (Å²) in [4.78, 5) is 29.0. The predicted molar refractivity (Wildman–Crippen MR) is 113 cm³/mol. The minimum Gasteiger partial charge on any atom is -0.452 e. The lowest BCUT2D eigenvalue weighted by molar-refractivity contribution is -0.148. The minimum atomic E-state index is -0.519. The highest BCUT2D eigenvalue weighted by molar-refractivity contribution is 8.02. The number of piperazine rings is 1. The molecule has 1 fully saturated rings. The van der Waals surface area contributed by atoms with E-state index in [0.29, 0.717) is 31.2 Å². The molecule has 0 aromatic heterocycles. The van der Waals surface area contributed by atoms with Gasteiger partial charge in [-0.15, -0.1) is 0 Å². The zero-order valence-corrected chi connectivity index (χ0v) is 16.9. The normalized spacial score (nSPS) is 14.3. The SMILES string of the molecule is O=C(/C=C/Sc1ccccc1)OCC(=O)N1CCN(c2cccc(Cl)c2)CC1. The number of carbonyl (C=O) groups excluding carboxylic acids is 2. The van der Waals surface area contributed by atoms with E-state index in [4.69, 9.17) is 16.3 Å². The van der Waals surface area contributed by atoms with Gasteiger partial charge in [-0.25, -0.2) is 4.79 Å². The molecule has 1 heterocycles. The van der Waals surface area contributed by atoms with Crippen molar-refractivity contribution in [3.8, 4) is 0 Å². The molecule has 0 N–H and O–H groups in total.